The Morgan fingerprint density at radius 3 is 1.28 bits per heavy atom. The van der Waals surface area contributed by atoms with Gasteiger partial charge in [0.15, 0.2) is 0 Å². The first-order valence-electron chi connectivity index (χ1n) is 29.3. The van der Waals surface area contributed by atoms with Crippen LogP contribution in [-0.2, 0) is 90.2 Å². The zero-order valence-corrected chi connectivity index (χ0v) is 52.2. The van der Waals surface area contributed by atoms with Gasteiger partial charge in [-0.2, -0.15) is 0 Å². The molecule has 0 saturated carbocycles. The van der Waals surface area contributed by atoms with Crippen LogP contribution in [0.5, 0.6) is 0 Å². The standard InChI is InChI=1S/C54H107N8O22P/c1-53(2,36-47(65)57-15-9-6-12-44(37-64)38-84-85(5,71)72)42-54(3,4)43-60-51(69)45(13-7-10-16-58-48(66)39-79-29-26-75-22-24-77-32-34-82-55)62-52(70)46(61-50(68)41-81-31-28-74-21-20-73-19-18-63)14-8-11-17-59-49(67)40-80-30-27-76-23-25-78-33-35-83-56/h44-46,63-64H,6-43,55-56H2,1-5H3,(H,57,65)(H,58,66)(H,59,67)(H,60,69)(H,61,68)(H,62,70)(H,71,72). The van der Waals surface area contributed by atoms with Gasteiger partial charge in [-0.1, -0.05) is 34.1 Å². The summed E-state index contributed by atoms with van der Waals surface area (Å²) in [4.78, 5) is 97.9. The van der Waals surface area contributed by atoms with Crippen LogP contribution in [0.1, 0.15) is 98.3 Å². The van der Waals surface area contributed by atoms with E-state index in [1.54, 1.807) is 0 Å². The van der Waals surface area contributed by atoms with Crippen molar-refractivity contribution in [1.29, 1.82) is 0 Å². The quantitative estimate of drug-likeness (QED) is 0.0200. The van der Waals surface area contributed by atoms with Crippen LogP contribution >= 0.6 is 7.60 Å². The van der Waals surface area contributed by atoms with Gasteiger partial charge in [-0.15, -0.1) is 0 Å². The molecule has 4 atom stereocenters. The normalized spacial score (nSPS) is 13.6. The lowest BCUT2D eigenvalue weighted by atomic mass is 9.73. The highest BCUT2D eigenvalue weighted by Crippen LogP contribution is 2.37. The third-order valence-corrected chi connectivity index (χ3v) is 12.8. The predicted molar refractivity (Wildman–Crippen MR) is 311 cm³/mol. The van der Waals surface area contributed by atoms with Crippen molar-refractivity contribution >= 4 is 43.0 Å². The smallest absolute Gasteiger partial charge is 0.325 e. The van der Waals surface area contributed by atoms with Crippen LogP contribution in [0.15, 0.2) is 0 Å². The summed E-state index contributed by atoms with van der Waals surface area (Å²) in [5, 5.41) is 35.6. The topological polar surface area (TPSA) is 415 Å². The molecule has 0 aliphatic rings. The molecule has 4 unspecified atom stereocenters. The van der Waals surface area contributed by atoms with Gasteiger partial charge in [-0.25, -0.2) is 11.8 Å². The fourth-order valence-electron chi connectivity index (χ4n) is 8.27. The van der Waals surface area contributed by atoms with Gasteiger partial charge in [0, 0.05) is 51.8 Å². The first kappa shape index (κ1) is 81.4. The van der Waals surface area contributed by atoms with E-state index in [1.807, 2.05) is 27.7 Å². The van der Waals surface area contributed by atoms with Crippen molar-refractivity contribution in [3.63, 3.8) is 0 Å². The van der Waals surface area contributed by atoms with Crippen LogP contribution in [0, 0.1) is 16.7 Å². The summed E-state index contributed by atoms with van der Waals surface area (Å²) in [6, 6.07) is -2.17. The molecule has 0 saturated heterocycles. The maximum Gasteiger partial charge on any atom is 0.325 e. The zero-order valence-electron chi connectivity index (χ0n) is 51.3. The van der Waals surface area contributed by atoms with Crippen molar-refractivity contribution in [1.82, 2.24) is 31.9 Å². The fraction of sp³-hybridized carbons (Fsp3) is 0.889. The van der Waals surface area contributed by atoms with Crippen LogP contribution in [0.25, 0.3) is 0 Å². The molecule has 0 aliphatic carbocycles. The molecule has 0 spiro atoms. The molecule has 0 fully saturated rings. The molecule has 0 rings (SSSR count). The minimum atomic E-state index is -3.66. The molecule has 0 aromatic heterocycles. The van der Waals surface area contributed by atoms with E-state index in [4.69, 9.17) is 64.1 Å². The van der Waals surface area contributed by atoms with E-state index in [2.05, 4.69) is 41.6 Å². The fourth-order valence-corrected chi connectivity index (χ4v) is 8.75. The predicted octanol–water partition coefficient (Wildman–Crippen LogP) is -0.873. The third kappa shape index (κ3) is 53.2. The minimum absolute atomic E-state index is 0.0385. The number of aliphatic hydroxyl groups excluding tert-OH is 2. The van der Waals surface area contributed by atoms with Gasteiger partial charge in [0.1, 0.15) is 31.9 Å². The lowest BCUT2D eigenvalue weighted by Gasteiger charge is -2.35. The highest BCUT2D eigenvalue weighted by atomic mass is 31.2. The minimum Gasteiger partial charge on any atom is -0.396 e. The van der Waals surface area contributed by atoms with Crippen LogP contribution in [0.3, 0.4) is 0 Å². The Hall–Kier alpha value is -3.63. The number of rotatable bonds is 61. The van der Waals surface area contributed by atoms with Gasteiger partial charge in [0.2, 0.25) is 35.4 Å². The summed E-state index contributed by atoms with van der Waals surface area (Å²) >= 11 is 0. The van der Waals surface area contributed by atoms with Crippen LogP contribution in [-0.4, -0.2) is 247 Å². The lowest BCUT2D eigenvalue weighted by Crippen LogP contribution is -2.55. The van der Waals surface area contributed by atoms with Crippen molar-refractivity contribution in [3.05, 3.63) is 0 Å². The van der Waals surface area contributed by atoms with E-state index in [1.165, 1.54) is 0 Å². The molecule has 0 aromatic rings. The average Bonchev–Trinajstić information content (AvgIpc) is 3.66. The summed E-state index contributed by atoms with van der Waals surface area (Å²) in [6.07, 6.45) is 4.55. The zero-order chi connectivity index (χ0) is 63.3. The summed E-state index contributed by atoms with van der Waals surface area (Å²) in [6.45, 7) is 13.4. The first-order valence-corrected chi connectivity index (χ1v) is 31.4. The Balaban J connectivity index is 5.80. The van der Waals surface area contributed by atoms with Crippen molar-refractivity contribution in [2.24, 2.45) is 28.5 Å². The molecule has 0 aliphatic heterocycles. The molecular formula is C54H107N8O22P. The number of unbranched alkanes of at least 4 members (excludes halogenated alkanes) is 3. The molecule has 85 heavy (non-hydrogen) atoms. The van der Waals surface area contributed by atoms with Crippen molar-refractivity contribution < 1.29 is 105 Å². The Morgan fingerprint density at radius 1 is 0.471 bits per heavy atom. The van der Waals surface area contributed by atoms with E-state index < -0.39 is 54.8 Å². The molecule has 31 heteroatoms. The number of ether oxygens (including phenoxy) is 9. The Morgan fingerprint density at radius 2 is 0.859 bits per heavy atom. The van der Waals surface area contributed by atoms with E-state index in [0.717, 1.165) is 6.66 Å². The average molecular weight is 1250 g/mol. The molecule has 13 N–H and O–H groups in total. The number of hydrogen-bond acceptors (Lipinski definition) is 23. The third-order valence-electron chi connectivity index (χ3n) is 12.1. The summed E-state index contributed by atoms with van der Waals surface area (Å²) in [5.41, 5.74) is -1.02. The second-order valence-corrected chi connectivity index (χ2v) is 23.4. The number of nitrogens with one attached hydrogen (secondary N) is 6. The number of carbonyl (C=O) groups excluding carboxylic acids is 6. The Labute approximate surface area is 502 Å². The highest BCUT2D eigenvalue weighted by Gasteiger charge is 2.33. The summed E-state index contributed by atoms with van der Waals surface area (Å²) in [5.74, 6) is 7.08. The first-order chi connectivity index (χ1) is 40.7. The summed E-state index contributed by atoms with van der Waals surface area (Å²) in [7, 11) is -3.66. The number of aliphatic hydroxyl groups is 2. The molecule has 0 bridgehead atoms. The van der Waals surface area contributed by atoms with Crippen LogP contribution in [0.4, 0.5) is 0 Å². The van der Waals surface area contributed by atoms with Gasteiger partial charge in [-0.05, 0) is 68.6 Å². The number of carbonyl (C=O) groups is 6. The van der Waals surface area contributed by atoms with E-state index in [0.29, 0.717) is 97.6 Å². The van der Waals surface area contributed by atoms with Crippen LogP contribution < -0.4 is 43.7 Å². The van der Waals surface area contributed by atoms with E-state index in [9.17, 15) is 43.3 Å². The second-order valence-electron chi connectivity index (χ2n) is 21.6. The highest BCUT2D eigenvalue weighted by molar-refractivity contribution is 7.51. The number of hydrogen-bond donors (Lipinski definition) is 11. The molecular weight excluding hydrogens is 1140 g/mol. The molecule has 500 valence electrons. The maximum atomic E-state index is 14.2. The summed E-state index contributed by atoms with van der Waals surface area (Å²) < 4.78 is 64.6. The molecule has 30 nitrogen and oxygen atoms in total. The van der Waals surface area contributed by atoms with Crippen molar-refractivity contribution in [2.75, 3.05) is 185 Å². The maximum absolute atomic E-state index is 14.2. The number of nitrogens with two attached hydrogens (primary N) is 2. The van der Waals surface area contributed by atoms with Gasteiger partial charge >= 0.3 is 7.60 Å². The van der Waals surface area contributed by atoms with Crippen molar-refractivity contribution in [3.8, 4) is 0 Å². The second kappa shape index (κ2) is 53.4. The van der Waals surface area contributed by atoms with Gasteiger partial charge in [0.25, 0.3) is 0 Å². The monoisotopic (exact) mass is 1250 g/mol. The van der Waals surface area contributed by atoms with Crippen LogP contribution in [0.2, 0.25) is 0 Å². The lowest BCUT2D eigenvalue weighted by molar-refractivity contribution is -0.134. The number of amides is 6. The molecule has 0 radical (unpaired) electrons. The van der Waals surface area contributed by atoms with E-state index >= 15 is 0 Å². The van der Waals surface area contributed by atoms with Gasteiger partial charge in [-0.3, -0.25) is 33.3 Å². The molecule has 6 amide bonds. The largest absolute Gasteiger partial charge is 0.396 e. The van der Waals surface area contributed by atoms with Gasteiger partial charge in [0.05, 0.1) is 126 Å². The van der Waals surface area contributed by atoms with Crippen molar-refractivity contribution in [2.45, 2.75) is 110 Å². The SMILES string of the molecule is CC(C)(CNC(=O)C(CCCCNC(=O)COCCOCCOCCON)NC(=O)C(CCCCNC(=O)COCCOCCOCCON)NC(=O)COCCOCCOCCO)CC(C)(C)CC(=O)NCCCCC(CO)COP(C)(=O)O. The molecule has 0 aromatic carbocycles. The Kier molecular flexibility index (Phi) is 51.1. The van der Waals surface area contributed by atoms with E-state index in [-0.39, 0.29) is 168 Å². The molecule has 0 heterocycles. The van der Waals surface area contributed by atoms with Gasteiger partial charge < -0.3 is 104 Å². The Bertz CT molecular complexity index is 1780.